The minimum atomic E-state index is -0.408. The molecule has 0 N–H and O–H groups in total. The van der Waals surface area contributed by atoms with Gasteiger partial charge in [0.25, 0.3) is 0 Å². The molecule has 0 bridgehead atoms. The van der Waals surface area contributed by atoms with Crippen LogP contribution >= 0.6 is 0 Å². The molecule has 0 amide bonds. The zero-order valence-corrected chi connectivity index (χ0v) is 9.99. The van der Waals surface area contributed by atoms with Gasteiger partial charge in [-0.1, -0.05) is 0 Å². The summed E-state index contributed by atoms with van der Waals surface area (Å²) in [6, 6.07) is 3.11. The number of carbonyl (C=O) groups excluding carboxylic acids is 1. The number of esters is 1. The highest BCUT2D eigenvalue weighted by Crippen LogP contribution is 2.12. The minimum absolute atomic E-state index is 0.270. The lowest BCUT2D eigenvalue weighted by Gasteiger charge is -2.02. The predicted molar refractivity (Wildman–Crippen MR) is 61.5 cm³/mol. The molecule has 0 aliphatic carbocycles. The van der Waals surface area contributed by atoms with Gasteiger partial charge in [0.1, 0.15) is 5.69 Å². The van der Waals surface area contributed by atoms with Crippen LogP contribution in [0.25, 0.3) is 11.5 Å². The number of aryl methyl sites for hydroxylation is 1. The maximum atomic E-state index is 11.6. The van der Waals surface area contributed by atoms with E-state index in [0.717, 1.165) is 0 Å². The second kappa shape index (κ2) is 5.26. The fourth-order valence-electron chi connectivity index (χ4n) is 1.28. The quantitative estimate of drug-likeness (QED) is 0.739. The second-order valence-electron chi connectivity index (χ2n) is 3.42. The Morgan fingerprint density at radius 2 is 2.00 bits per heavy atom. The van der Waals surface area contributed by atoms with Crippen LogP contribution < -0.4 is 0 Å². The van der Waals surface area contributed by atoms with Gasteiger partial charge in [-0.05, 0) is 26.0 Å². The van der Waals surface area contributed by atoms with Crippen molar-refractivity contribution in [2.24, 2.45) is 0 Å². The van der Waals surface area contributed by atoms with Gasteiger partial charge in [-0.3, -0.25) is 4.98 Å². The summed E-state index contributed by atoms with van der Waals surface area (Å²) in [5, 5.41) is 15.3. The van der Waals surface area contributed by atoms with Crippen LogP contribution in [0.3, 0.4) is 0 Å². The molecule has 7 heteroatoms. The largest absolute Gasteiger partial charge is 0.462 e. The van der Waals surface area contributed by atoms with Gasteiger partial charge in [0.2, 0.25) is 5.82 Å². The Morgan fingerprint density at radius 1 is 1.28 bits per heavy atom. The fourth-order valence-corrected chi connectivity index (χ4v) is 1.28. The molecular formula is C11H11N5O2. The number of nitrogens with zero attached hydrogens (tertiary/aromatic N) is 5. The number of rotatable bonds is 3. The van der Waals surface area contributed by atoms with Crippen molar-refractivity contribution in [2.45, 2.75) is 13.8 Å². The molecule has 0 aliphatic rings. The number of hydrogen-bond donors (Lipinski definition) is 0. The van der Waals surface area contributed by atoms with Crippen LogP contribution in [-0.4, -0.2) is 38.0 Å². The monoisotopic (exact) mass is 245 g/mol. The topological polar surface area (TPSA) is 90.8 Å². The van der Waals surface area contributed by atoms with Crippen molar-refractivity contribution in [1.29, 1.82) is 0 Å². The van der Waals surface area contributed by atoms with Crippen molar-refractivity contribution in [3.63, 3.8) is 0 Å². The molecule has 2 aromatic rings. The Bertz CT molecular complexity index is 556. The van der Waals surface area contributed by atoms with Crippen molar-refractivity contribution in [2.75, 3.05) is 6.61 Å². The van der Waals surface area contributed by atoms with E-state index < -0.39 is 5.97 Å². The van der Waals surface area contributed by atoms with E-state index in [1.165, 1.54) is 6.20 Å². The van der Waals surface area contributed by atoms with Crippen LogP contribution in [0.4, 0.5) is 0 Å². The zero-order valence-electron chi connectivity index (χ0n) is 9.99. The molecule has 0 aromatic carbocycles. The number of pyridine rings is 1. The molecule has 2 rings (SSSR count). The highest BCUT2D eigenvalue weighted by molar-refractivity contribution is 5.90. The summed E-state index contributed by atoms with van der Waals surface area (Å²) in [6.45, 7) is 3.75. The first-order valence-electron chi connectivity index (χ1n) is 5.38. The van der Waals surface area contributed by atoms with Crippen LogP contribution in [0.5, 0.6) is 0 Å². The Kier molecular flexibility index (Phi) is 3.52. The van der Waals surface area contributed by atoms with Gasteiger partial charge in [-0.25, -0.2) is 4.79 Å². The van der Waals surface area contributed by atoms with E-state index in [4.69, 9.17) is 4.74 Å². The second-order valence-corrected chi connectivity index (χ2v) is 3.42. The molecule has 0 saturated heterocycles. The zero-order chi connectivity index (χ0) is 13.0. The first-order valence-corrected chi connectivity index (χ1v) is 5.38. The Labute approximate surface area is 103 Å². The van der Waals surface area contributed by atoms with Crippen molar-refractivity contribution < 1.29 is 9.53 Å². The Hall–Kier alpha value is -2.44. The number of ether oxygens (including phenoxy) is 1. The molecule has 0 fully saturated rings. The summed E-state index contributed by atoms with van der Waals surface area (Å²) in [7, 11) is 0. The molecule has 0 radical (unpaired) electrons. The van der Waals surface area contributed by atoms with Gasteiger partial charge >= 0.3 is 5.97 Å². The van der Waals surface area contributed by atoms with E-state index in [2.05, 4.69) is 25.4 Å². The van der Waals surface area contributed by atoms with Gasteiger partial charge in [-0.15, -0.1) is 20.4 Å². The van der Waals surface area contributed by atoms with Crippen molar-refractivity contribution in [3.05, 3.63) is 29.7 Å². The predicted octanol–water partition coefficient (Wildman–Crippen LogP) is 0.814. The average Bonchev–Trinajstić information content (AvgIpc) is 2.40. The molecule has 7 nitrogen and oxygen atoms in total. The Morgan fingerprint density at radius 3 is 2.67 bits per heavy atom. The van der Waals surface area contributed by atoms with Gasteiger partial charge in [0, 0.05) is 6.20 Å². The van der Waals surface area contributed by atoms with E-state index in [0.29, 0.717) is 23.7 Å². The molecule has 0 saturated carbocycles. The summed E-state index contributed by atoms with van der Waals surface area (Å²) in [5.74, 6) is 0.334. The van der Waals surface area contributed by atoms with Gasteiger partial charge in [0.15, 0.2) is 5.82 Å². The number of carbonyl (C=O) groups is 1. The lowest BCUT2D eigenvalue weighted by molar-refractivity contribution is 0.0526. The van der Waals surface area contributed by atoms with E-state index in [1.54, 1.807) is 26.0 Å². The third-order valence-corrected chi connectivity index (χ3v) is 2.08. The molecule has 2 heterocycles. The summed E-state index contributed by atoms with van der Waals surface area (Å²) < 4.78 is 4.90. The molecule has 18 heavy (non-hydrogen) atoms. The smallest absolute Gasteiger partial charge is 0.338 e. The van der Waals surface area contributed by atoms with E-state index in [-0.39, 0.29) is 5.82 Å². The summed E-state index contributed by atoms with van der Waals surface area (Å²) >= 11 is 0. The SMILES string of the molecule is CCOC(=O)c1ccnc(-c2nnc(C)nn2)c1. The maximum absolute atomic E-state index is 11.6. The van der Waals surface area contributed by atoms with Gasteiger partial charge < -0.3 is 4.74 Å². The van der Waals surface area contributed by atoms with Crippen LogP contribution in [0.1, 0.15) is 23.1 Å². The molecule has 0 spiro atoms. The van der Waals surface area contributed by atoms with Crippen LogP contribution in [0.15, 0.2) is 18.3 Å². The molecule has 0 unspecified atom stereocenters. The fraction of sp³-hybridized carbons (Fsp3) is 0.273. The lowest BCUT2D eigenvalue weighted by atomic mass is 10.2. The normalized spacial score (nSPS) is 10.1. The summed E-state index contributed by atoms with van der Waals surface area (Å²) in [6.07, 6.45) is 1.49. The highest BCUT2D eigenvalue weighted by atomic mass is 16.5. The first-order chi connectivity index (χ1) is 8.70. The third-order valence-electron chi connectivity index (χ3n) is 2.08. The molecule has 0 aliphatic heterocycles. The number of aromatic nitrogens is 5. The van der Waals surface area contributed by atoms with E-state index >= 15 is 0 Å². The van der Waals surface area contributed by atoms with E-state index in [1.807, 2.05) is 0 Å². The van der Waals surface area contributed by atoms with Crippen LogP contribution in [-0.2, 0) is 4.74 Å². The lowest BCUT2D eigenvalue weighted by Crippen LogP contribution is -2.06. The standard InChI is InChI=1S/C11H11N5O2/c1-3-18-11(17)8-4-5-12-9(6-8)10-15-13-7(2)14-16-10/h4-6H,3H2,1-2H3. The van der Waals surface area contributed by atoms with E-state index in [9.17, 15) is 4.79 Å². The molecular weight excluding hydrogens is 234 g/mol. The third kappa shape index (κ3) is 2.62. The maximum Gasteiger partial charge on any atom is 0.338 e. The van der Waals surface area contributed by atoms with Crippen LogP contribution in [0.2, 0.25) is 0 Å². The highest BCUT2D eigenvalue weighted by Gasteiger charge is 2.10. The summed E-state index contributed by atoms with van der Waals surface area (Å²) in [4.78, 5) is 15.6. The van der Waals surface area contributed by atoms with Gasteiger partial charge in [0.05, 0.1) is 12.2 Å². The Balaban J connectivity index is 2.32. The van der Waals surface area contributed by atoms with Gasteiger partial charge in [-0.2, -0.15) is 0 Å². The molecule has 0 atom stereocenters. The molecule has 2 aromatic heterocycles. The van der Waals surface area contributed by atoms with Crippen molar-refractivity contribution in [1.82, 2.24) is 25.4 Å². The summed E-state index contributed by atoms with van der Waals surface area (Å²) in [5.41, 5.74) is 0.826. The average molecular weight is 245 g/mol. The van der Waals surface area contributed by atoms with Crippen molar-refractivity contribution >= 4 is 5.97 Å². The van der Waals surface area contributed by atoms with Crippen LogP contribution in [0, 0.1) is 6.92 Å². The number of hydrogen-bond acceptors (Lipinski definition) is 7. The molecule has 92 valence electrons. The first kappa shape index (κ1) is 12.0. The van der Waals surface area contributed by atoms with Crippen molar-refractivity contribution in [3.8, 4) is 11.5 Å². The minimum Gasteiger partial charge on any atom is -0.462 e.